The summed E-state index contributed by atoms with van der Waals surface area (Å²) in [7, 11) is 0. The molecule has 4 N–H and O–H groups in total. The maximum Gasteiger partial charge on any atom is 0.286 e. The number of rotatable bonds is 4. The van der Waals surface area contributed by atoms with Crippen molar-refractivity contribution in [3.05, 3.63) is 17.7 Å². The van der Waals surface area contributed by atoms with E-state index in [1.54, 1.807) is 6.20 Å². The van der Waals surface area contributed by atoms with Crippen LogP contribution in [0.4, 0.5) is 5.69 Å². The van der Waals surface area contributed by atoms with Gasteiger partial charge in [0, 0.05) is 19.0 Å². The number of anilines is 1. The molecule has 1 aliphatic rings. The molecule has 1 aliphatic heterocycles. The molecule has 0 radical (unpaired) electrons. The van der Waals surface area contributed by atoms with Gasteiger partial charge in [0.2, 0.25) is 0 Å². The molecule has 7 heteroatoms. The number of carbonyl (C=O) groups is 1. The first-order valence-electron chi connectivity index (χ1n) is 7.01. The number of hydrazine groups is 2. The Morgan fingerprint density at radius 3 is 2.65 bits per heavy atom. The monoisotopic (exact) mass is 278 g/mol. The van der Waals surface area contributed by atoms with Crippen LogP contribution in [0.2, 0.25) is 0 Å². The molecule has 0 atom stereocenters. The number of nitrogens with one attached hydrogen (secondary N) is 2. The predicted molar refractivity (Wildman–Crippen MR) is 76.8 cm³/mol. The van der Waals surface area contributed by atoms with Crippen LogP contribution in [0.25, 0.3) is 0 Å². The first-order valence-corrected chi connectivity index (χ1v) is 7.01. The fourth-order valence-electron chi connectivity index (χ4n) is 2.15. The van der Waals surface area contributed by atoms with Crippen molar-refractivity contribution in [1.82, 2.24) is 20.4 Å². The van der Waals surface area contributed by atoms with Crippen LogP contribution in [0, 0.1) is 0 Å². The predicted octanol–water partition coefficient (Wildman–Crippen LogP) is 1.02. The van der Waals surface area contributed by atoms with Crippen LogP contribution in [-0.4, -0.2) is 34.0 Å². The van der Waals surface area contributed by atoms with E-state index in [4.69, 9.17) is 5.84 Å². The third kappa shape index (κ3) is 3.43. The number of amides is 1. The van der Waals surface area contributed by atoms with Crippen LogP contribution in [0.5, 0.6) is 0 Å². The van der Waals surface area contributed by atoms with Gasteiger partial charge in [0.15, 0.2) is 5.69 Å². The second-order valence-electron chi connectivity index (χ2n) is 5.28. The minimum atomic E-state index is -0.246. The molecule has 2 heterocycles. The van der Waals surface area contributed by atoms with E-state index in [0.717, 1.165) is 25.9 Å². The molecule has 110 valence electrons. The zero-order valence-corrected chi connectivity index (χ0v) is 12.0. The molecule has 2 rings (SSSR count). The zero-order valence-electron chi connectivity index (χ0n) is 12.0. The minimum Gasteiger partial charge on any atom is -0.321 e. The van der Waals surface area contributed by atoms with Crippen molar-refractivity contribution in [2.75, 3.05) is 18.5 Å². The fraction of sp³-hybridized carbons (Fsp3) is 0.615. The lowest BCUT2D eigenvalue weighted by molar-refractivity contribution is 0.0745. The van der Waals surface area contributed by atoms with E-state index in [1.807, 2.05) is 18.9 Å². The Kier molecular flexibility index (Phi) is 4.86. The first kappa shape index (κ1) is 14.7. The number of nitrogens with zero attached hydrogens (tertiary/aromatic N) is 3. The van der Waals surface area contributed by atoms with Gasteiger partial charge in [0.25, 0.3) is 5.91 Å². The summed E-state index contributed by atoms with van der Waals surface area (Å²) in [6.07, 6.45) is 4.97. The van der Waals surface area contributed by atoms with Crippen LogP contribution in [0.3, 0.4) is 0 Å². The summed E-state index contributed by atoms with van der Waals surface area (Å²) < 4.78 is 0. The number of aromatic nitrogens is 2. The van der Waals surface area contributed by atoms with Gasteiger partial charge in [0.1, 0.15) is 5.82 Å². The van der Waals surface area contributed by atoms with Crippen molar-refractivity contribution in [1.29, 1.82) is 0 Å². The summed E-state index contributed by atoms with van der Waals surface area (Å²) in [6, 6.07) is 0. The van der Waals surface area contributed by atoms with E-state index in [2.05, 4.69) is 20.8 Å². The van der Waals surface area contributed by atoms with Gasteiger partial charge in [-0.05, 0) is 12.8 Å². The largest absolute Gasteiger partial charge is 0.321 e. The number of nitrogens with two attached hydrogens (primary N) is 1. The lowest BCUT2D eigenvalue weighted by atomic mass is 10.2. The summed E-state index contributed by atoms with van der Waals surface area (Å²) in [5, 5.41) is 1.93. The number of piperidine rings is 1. The van der Waals surface area contributed by atoms with Gasteiger partial charge in [-0.2, -0.15) is 0 Å². The molecular weight excluding hydrogens is 256 g/mol. The van der Waals surface area contributed by atoms with Crippen molar-refractivity contribution in [2.45, 2.75) is 39.0 Å². The van der Waals surface area contributed by atoms with E-state index in [1.165, 1.54) is 6.42 Å². The summed E-state index contributed by atoms with van der Waals surface area (Å²) in [4.78, 5) is 20.8. The smallest absolute Gasteiger partial charge is 0.286 e. The molecule has 20 heavy (non-hydrogen) atoms. The van der Waals surface area contributed by atoms with Gasteiger partial charge in [-0.15, -0.1) is 0 Å². The number of nitrogen functional groups attached to an aromatic ring is 1. The van der Waals surface area contributed by atoms with Crippen molar-refractivity contribution >= 4 is 11.6 Å². The van der Waals surface area contributed by atoms with Crippen molar-refractivity contribution in [2.24, 2.45) is 5.84 Å². The molecule has 1 saturated heterocycles. The normalized spacial score (nSPS) is 16.2. The van der Waals surface area contributed by atoms with Crippen LogP contribution < -0.4 is 16.7 Å². The van der Waals surface area contributed by atoms with Gasteiger partial charge in [-0.25, -0.2) is 15.0 Å². The molecule has 0 spiro atoms. The van der Waals surface area contributed by atoms with E-state index in [-0.39, 0.29) is 17.5 Å². The Morgan fingerprint density at radius 2 is 2.05 bits per heavy atom. The minimum absolute atomic E-state index is 0.156. The zero-order chi connectivity index (χ0) is 14.5. The molecule has 0 aliphatic carbocycles. The summed E-state index contributed by atoms with van der Waals surface area (Å²) >= 11 is 0. The van der Waals surface area contributed by atoms with E-state index < -0.39 is 0 Å². The molecule has 1 amide bonds. The number of carbonyl (C=O) groups excluding carboxylic acids is 1. The third-order valence-electron chi connectivity index (χ3n) is 3.31. The highest BCUT2D eigenvalue weighted by molar-refractivity contribution is 5.97. The standard InChI is InChI=1S/C13H22N6O/c1-9(2)12-15-8-10(17-14)11(16-12)13(20)18-19-6-4-3-5-7-19/h8-9,17H,3-7,14H2,1-2H3,(H,18,20). The second-order valence-corrected chi connectivity index (χ2v) is 5.28. The van der Waals surface area contributed by atoms with Gasteiger partial charge >= 0.3 is 0 Å². The molecule has 0 saturated carbocycles. The fourth-order valence-corrected chi connectivity index (χ4v) is 2.15. The molecule has 0 aromatic carbocycles. The van der Waals surface area contributed by atoms with E-state index in [9.17, 15) is 4.79 Å². The molecule has 7 nitrogen and oxygen atoms in total. The van der Waals surface area contributed by atoms with E-state index >= 15 is 0 Å². The summed E-state index contributed by atoms with van der Waals surface area (Å²) in [5.74, 6) is 5.97. The van der Waals surface area contributed by atoms with Gasteiger partial charge in [-0.1, -0.05) is 20.3 Å². The lowest BCUT2D eigenvalue weighted by Gasteiger charge is -2.26. The van der Waals surface area contributed by atoms with Crippen LogP contribution >= 0.6 is 0 Å². The highest BCUT2D eigenvalue weighted by atomic mass is 16.2. The lowest BCUT2D eigenvalue weighted by Crippen LogP contribution is -2.45. The van der Waals surface area contributed by atoms with Gasteiger partial charge < -0.3 is 5.43 Å². The molecule has 0 bridgehead atoms. The van der Waals surface area contributed by atoms with Crippen LogP contribution in [-0.2, 0) is 0 Å². The van der Waals surface area contributed by atoms with Crippen LogP contribution in [0.1, 0.15) is 55.3 Å². The second kappa shape index (κ2) is 6.62. The topological polar surface area (TPSA) is 96.2 Å². The van der Waals surface area contributed by atoms with E-state index in [0.29, 0.717) is 11.5 Å². The third-order valence-corrected chi connectivity index (χ3v) is 3.31. The molecule has 0 unspecified atom stereocenters. The van der Waals surface area contributed by atoms with Gasteiger partial charge in [0.05, 0.1) is 11.9 Å². The maximum absolute atomic E-state index is 12.3. The Bertz CT molecular complexity index is 470. The van der Waals surface area contributed by atoms with Gasteiger partial charge in [-0.3, -0.25) is 16.1 Å². The van der Waals surface area contributed by atoms with Crippen molar-refractivity contribution in [3.63, 3.8) is 0 Å². The number of hydrogen-bond donors (Lipinski definition) is 3. The average Bonchev–Trinajstić information content (AvgIpc) is 2.47. The highest BCUT2D eigenvalue weighted by Gasteiger charge is 2.19. The molecule has 1 aromatic heterocycles. The van der Waals surface area contributed by atoms with Crippen molar-refractivity contribution in [3.8, 4) is 0 Å². The molecular formula is C13H22N6O. The first-order chi connectivity index (χ1) is 9.61. The highest BCUT2D eigenvalue weighted by Crippen LogP contribution is 2.16. The van der Waals surface area contributed by atoms with Crippen LogP contribution in [0.15, 0.2) is 6.20 Å². The molecule has 1 aromatic rings. The summed E-state index contributed by atoms with van der Waals surface area (Å²) in [5.41, 5.74) is 6.08. The maximum atomic E-state index is 12.3. The SMILES string of the molecule is CC(C)c1ncc(NN)c(C(=O)NN2CCCCC2)n1. The average molecular weight is 278 g/mol. The quantitative estimate of drug-likeness (QED) is 0.562. The Labute approximate surface area is 118 Å². The van der Waals surface area contributed by atoms with Crippen molar-refractivity contribution < 1.29 is 4.79 Å². The Morgan fingerprint density at radius 1 is 1.35 bits per heavy atom. The summed E-state index contributed by atoms with van der Waals surface area (Å²) in [6.45, 7) is 5.72. The number of hydrogen-bond acceptors (Lipinski definition) is 6. The Hall–Kier alpha value is -1.73. The Balaban J connectivity index is 2.16. The molecule has 1 fully saturated rings.